The van der Waals surface area contributed by atoms with Crippen LogP contribution in [0.3, 0.4) is 0 Å². The molecule has 6 nitrogen and oxygen atoms in total. The number of benzene rings is 3. The second-order valence-corrected chi connectivity index (χ2v) is 9.41. The zero-order valence-corrected chi connectivity index (χ0v) is 20.7. The van der Waals surface area contributed by atoms with Crippen LogP contribution in [0.15, 0.2) is 66.9 Å². The lowest BCUT2D eigenvalue weighted by Gasteiger charge is -2.32. The number of pyridine rings is 1. The number of ether oxygens (including phenoxy) is 1. The molecule has 0 spiro atoms. The molecule has 180 valence electrons. The molecule has 1 aliphatic rings. The van der Waals surface area contributed by atoms with E-state index in [-0.39, 0.29) is 10.8 Å². The number of anilines is 2. The van der Waals surface area contributed by atoms with Gasteiger partial charge in [-0.3, -0.25) is 9.88 Å². The minimum Gasteiger partial charge on any atom is -0.503 e. The summed E-state index contributed by atoms with van der Waals surface area (Å²) in [7, 11) is 3.69. The molecule has 3 aromatic carbocycles. The van der Waals surface area contributed by atoms with Crippen molar-refractivity contribution >= 4 is 33.9 Å². The van der Waals surface area contributed by atoms with E-state index in [1.807, 2.05) is 24.4 Å². The first-order chi connectivity index (χ1) is 17.0. The molecule has 4 aromatic rings. The fourth-order valence-electron chi connectivity index (χ4n) is 4.44. The van der Waals surface area contributed by atoms with Gasteiger partial charge in [0.25, 0.3) is 0 Å². The van der Waals surface area contributed by atoms with Gasteiger partial charge in [0.2, 0.25) is 0 Å². The van der Waals surface area contributed by atoms with Crippen LogP contribution in [0.25, 0.3) is 22.0 Å². The third-order valence-corrected chi connectivity index (χ3v) is 6.85. The maximum Gasteiger partial charge on any atom is 0.176 e. The van der Waals surface area contributed by atoms with Gasteiger partial charge in [-0.1, -0.05) is 29.8 Å². The molecule has 0 atom stereocenters. The highest BCUT2D eigenvalue weighted by Gasteiger charge is 2.14. The van der Waals surface area contributed by atoms with Crippen LogP contribution in [-0.4, -0.2) is 60.2 Å². The van der Waals surface area contributed by atoms with Crippen LogP contribution < -0.4 is 10.1 Å². The Hall–Kier alpha value is -3.32. The van der Waals surface area contributed by atoms with Gasteiger partial charge >= 0.3 is 0 Å². The minimum atomic E-state index is -0.0567. The van der Waals surface area contributed by atoms with Crippen molar-refractivity contribution in [1.29, 1.82) is 0 Å². The number of aromatic hydroxyl groups is 1. The third-order valence-electron chi connectivity index (χ3n) is 6.56. The molecule has 0 amide bonds. The Kier molecular flexibility index (Phi) is 6.77. The first kappa shape index (κ1) is 23.4. The van der Waals surface area contributed by atoms with Crippen molar-refractivity contribution in [3.8, 4) is 22.6 Å². The van der Waals surface area contributed by atoms with E-state index in [0.717, 1.165) is 66.1 Å². The summed E-state index contributed by atoms with van der Waals surface area (Å²) in [6.45, 7) is 5.45. The molecule has 1 aromatic heterocycles. The molecular weight excluding hydrogens is 460 g/mol. The molecule has 1 aliphatic heterocycles. The van der Waals surface area contributed by atoms with E-state index >= 15 is 0 Å². The van der Waals surface area contributed by atoms with Gasteiger partial charge in [-0.15, -0.1) is 0 Å². The summed E-state index contributed by atoms with van der Waals surface area (Å²) in [5, 5.41) is 14.9. The van der Waals surface area contributed by atoms with Crippen LogP contribution in [0.1, 0.15) is 5.56 Å². The molecule has 5 rings (SSSR count). The normalized spacial score (nSPS) is 14.8. The molecule has 35 heavy (non-hydrogen) atoms. The average Bonchev–Trinajstić information content (AvgIpc) is 2.88. The number of rotatable bonds is 6. The van der Waals surface area contributed by atoms with E-state index in [0.29, 0.717) is 5.75 Å². The number of methoxy groups -OCH3 is 1. The van der Waals surface area contributed by atoms with Crippen molar-refractivity contribution in [2.24, 2.45) is 0 Å². The summed E-state index contributed by atoms with van der Waals surface area (Å²) in [5.41, 5.74) is 6.02. The van der Waals surface area contributed by atoms with Crippen molar-refractivity contribution in [1.82, 2.24) is 14.8 Å². The van der Waals surface area contributed by atoms with Crippen molar-refractivity contribution < 1.29 is 9.84 Å². The molecule has 0 saturated carbocycles. The zero-order valence-electron chi connectivity index (χ0n) is 20.0. The van der Waals surface area contributed by atoms with Gasteiger partial charge in [-0.05, 0) is 66.2 Å². The summed E-state index contributed by atoms with van der Waals surface area (Å²) in [6, 6.07) is 20.2. The maximum atomic E-state index is 10.1. The Morgan fingerprint density at radius 1 is 0.971 bits per heavy atom. The molecule has 7 heteroatoms. The highest BCUT2D eigenvalue weighted by atomic mass is 35.5. The number of fused-ring (bicyclic) bond motifs is 1. The first-order valence-corrected chi connectivity index (χ1v) is 12.1. The Morgan fingerprint density at radius 2 is 1.74 bits per heavy atom. The Morgan fingerprint density at radius 3 is 2.49 bits per heavy atom. The van der Waals surface area contributed by atoms with Crippen LogP contribution in [0, 0.1) is 0 Å². The number of aromatic nitrogens is 1. The van der Waals surface area contributed by atoms with E-state index in [4.69, 9.17) is 16.3 Å². The lowest BCUT2D eigenvalue weighted by molar-refractivity contribution is 0.148. The topological polar surface area (TPSA) is 60.9 Å². The van der Waals surface area contributed by atoms with Gasteiger partial charge in [-0.2, -0.15) is 0 Å². The first-order valence-electron chi connectivity index (χ1n) is 11.7. The van der Waals surface area contributed by atoms with Crippen LogP contribution in [0.2, 0.25) is 5.02 Å². The molecular formula is C28H29ClN4O2. The predicted molar refractivity (Wildman–Crippen MR) is 143 cm³/mol. The average molecular weight is 489 g/mol. The Bertz CT molecular complexity index is 1340. The number of phenols is 1. The summed E-state index contributed by atoms with van der Waals surface area (Å²) in [5.74, 6) is 0.285. The molecule has 1 saturated heterocycles. The molecule has 0 bridgehead atoms. The minimum absolute atomic E-state index is 0.0567. The second-order valence-electron chi connectivity index (χ2n) is 9.00. The quantitative estimate of drug-likeness (QED) is 0.360. The van der Waals surface area contributed by atoms with Gasteiger partial charge in [0.15, 0.2) is 11.5 Å². The van der Waals surface area contributed by atoms with Crippen LogP contribution in [0.4, 0.5) is 11.4 Å². The van der Waals surface area contributed by atoms with Gasteiger partial charge < -0.3 is 20.1 Å². The van der Waals surface area contributed by atoms with Crippen molar-refractivity contribution in [3.63, 3.8) is 0 Å². The van der Waals surface area contributed by atoms with Gasteiger partial charge in [0.1, 0.15) is 0 Å². The summed E-state index contributed by atoms with van der Waals surface area (Å²) in [6.07, 6.45) is 1.81. The van der Waals surface area contributed by atoms with Gasteiger partial charge in [0, 0.05) is 55.7 Å². The molecule has 0 unspecified atom stereocenters. The maximum absolute atomic E-state index is 10.1. The number of halogens is 1. The molecule has 0 aliphatic carbocycles. The van der Waals surface area contributed by atoms with Gasteiger partial charge in [0.05, 0.1) is 17.6 Å². The number of piperazine rings is 1. The van der Waals surface area contributed by atoms with E-state index in [9.17, 15) is 5.11 Å². The van der Waals surface area contributed by atoms with Crippen LogP contribution >= 0.6 is 11.6 Å². The van der Waals surface area contributed by atoms with E-state index < -0.39 is 0 Å². The molecule has 2 N–H and O–H groups in total. The highest BCUT2D eigenvalue weighted by molar-refractivity contribution is 6.32. The van der Waals surface area contributed by atoms with E-state index in [1.165, 1.54) is 12.7 Å². The number of nitrogens with one attached hydrogen (secondary N) is 1. The lowest BCUT2D eigenvalue weighted by Crippen LogP contribution is -2.43. The SMILES string of the molecule is COc1cc(-c2ccc3nccc(Nc4ccc(CN5CCN(C)CC5)cc4)c3c2)cc(Cl)c1O. The van der Waals surface area contributed by atoms with Crippen molar-refractivity contribution in [2.45, 2.75) is 6.54 Å². The number of nitrogens with zero attached hydrogens (tertiary/aromatic N) is 3. The monoisotopic (exact) mass is 488 g/mol. The molecule has 0 radical (unpaired) electrons. The fraction of sp³-hybridized carbons (Fsp3) is 0.250. The number of likely N-dealkylation sites (N-methyl/N-ethyl adjacent to an activating group) is 1. The zero-order chi connectivity index (χ0) is 24.4. The lowest BCUT2D eigenvalue weighted by atomic mass is 10.0. The van der Waals surface area contributed by atoms with E-state index in [2.05, 4.69) is 57.5 Å². The summed E-state index contributed by atoms with van der Waals surface area (Å²) >= 11 is 6.23. The Labute approximate surface area is 210 Å². The fourth-order valence-corrected chi connectivity index (χ4v) is 4.65. The molecule has 1 fully saturated rings. The number of hydrogen-bond donors (Lipinski definition) is 2. The van der Waals surface area contributed by atoms with Crippen molar-refractivity contribution in [3.05, 3.63) is 77.4 Å². The van der Waals surface area contributed by atoms with Gasteiger partial charge in [-0.25, -0.2) is 0 Å². The Balaban J connectivity index is 1.38. The summed E-state index contributed by atoms with van der Waals surface area (Å²) in [4.78, 5) is 9.41. The third kappa shape index (κ3) is 5.20. The number of phenolic OH excluding ortho intramolecular Hbond substituents is 1. The van der Waals surface area contributed by atoms with Crippen molar-refractivity contribution in [2.75, 3.05) is 45.7 Å². The smallest absolute Gasteiger partial charge is 0.176 e. The largest absolute Gasteiger partial charge is 0.503 e. The second kappa shape index (κ2) is 10.1. The highest BCUT2D eigenvalue weighted by Crippen LogP contribution is 2.39. The van der Waals surface area contributed by atoms with E-state index in [1.54, 1.807) is 12.1 Å². The standard InChI is InChI=1S/C28H29ClN4O2/c1-32-11-13-33(14-12-32)18-19-3-6-22(7-4-19)31-26-9-10-30-25-8-5-20(15-23(25)26)21-16-24(29)28(34)27(17-21)35-2/h3-10,15-17,34H,11-14,18H2,1-2H3,(H,30,31). The van der Waals surface area contributed by atoms with Crippen LogP contribution in [0.5, 0.6) is 11.5 Å². The predicted octanol–water partition coefficient (Wildman–Crippen LogP) is 5.76. The summed E-state index contributed by atoms with van der Waals surface area (Å²) < 4.78 is 5.28. The number of hydrogen-bond acceptors (Lipinski definition) is 6. The molecule has 2 heterocycles. The van der Waals surface area contributed by atoms with Crippen LogP contribution in [-0.2, 0) is 6.54 Å².